The molecule has 40 heavy (non-hydrogen) atoms. The van der Waals surface area contributed by atoms with Crippen LogP contribution in [0.4, 0.5) is 0 Å². The van der Waals surface area contributed by atoms with Crippen molar-refractivity contribution >= 4 is 23.5 Å². The van der Waals surface area contributed by atoms with Gasteiger partial charge in [-0.05, 0) is 63.1 Å². The fourth-order valence-corrected chi connectivity index (χ4v) is 5.15. The number of nitrogens with one attached hydrogen (secondary N) is 3. The predicted octanol–water partition coefficient (Wildman–Crippen LogP) is 1.52. The molecule has 3 atom stereocenters. The number of nitrogens with zero attached hydrogens (tertiary/aromatic N) is 1. The number of rotatable bonds is 14. The Bertz CT molecular complexity index is 1080. The fourth-order valence-electron chi connectivity index (χ4n) is 5.15. The van der Waals surface area contributed by atoms with Crippen molar-refractivity contribution in [2.24, 2.45) is 5.92 Å². The highest BCUT2D eigenvalue weighted by Gasteiger charge is 2.37. The molecule has 0 unspecified atom stereocenters. The molecule has 0 aromatic heterocycles. The summed E-state index contributed by atoms with van der Waals surface area (Å²) in [6.07, 6.45) is 7.63. The summed E-state index contributed by atoms with van der Waals surface area (Å²) in [4.78, 5) is 54.4. The lowest BCUT2D eigenvalue weighted by atomic mass is 9.98. The molecule has 2 fully saturated rings. The van der Waals surface area contributed by atoms with Gasteiger partial charge in [0, 0.05) is 25.4 Å². The summed E-state index contributed by atoms with van der Waals surface area (Å²) in [5, 5.41) is 8.54. The molecular formula is C30H42N4O6. The van der Waals surface area contributed by atoms with Crippen molar-refractivity contribution in [2.75, 3.05) is 40.0 Å². The van der Waals surface area contributed by atoms with Crippen molar-refractivity contribution in [1.82, 2.24) is 20.9 Å². The van der Waals surface area contributed by atoms with Crippen LogP contribution in [0, 0.1) is 5.92 Å². The zero-order chi connectivity index (χ0) is 28.5. The summed E-state index contributed by atoms with van der Waals surface area (Å²) in [6.45, 7) is 4.25. The van der Waals surface area contributed by atoms with Crippen LogP contribution < -0.4 is 20.7 Å². The maximum absolute atomic E-state index is 13.6. The van der Waals surface area contributed by atoms with Gasteiger partial charge in [0.15, 0.2) is 5.78 Å². The van der Waals surface area contributed by atoms with Crippen LogP contribution >= 0.6 is 0 Å². The molecule has 0 bridgehead atoms. The topological polar surface area (TPSA) is 126 Å². The summed E-state index contributed by atoms with van der Waals surface area (Å²) in [6, 6.07) is 4.91. The zero-order valence-corrected chi connectivity index (χ0v) is 23.6. The number of carbonyl (C=O) groups is 4. The molecule has 1 aliphatic heterocycles. The van der Waals surface area contributed by atoms with Crippen LogP contribution in [0.25, 0.3) is 0 Å². The van der Waals surface area contributed by atoms with E-state index in [1.807, 2.05) is 17.0 Å². The molecule has 3 amide bonds. The Morgan fingerprint density at radius 2 is 1.68 bits per heavy atom. The van der Waals surface area contributed by atoms with Gasteiger partial charge in [-0.25, -0.2) is 0 Å². The maximum Gasteiger partial charge on any atom is 0.243 e. The van der Waals surface area contributed by atoms with Crippen LogP contribution in [0.2, 0.25) is 0 Å². The van der Waals surface area contributed by atoms with Crippen LogP contribution in [0.5, 0.6) is 5.75 Å². The van der Waals surface area contributed by atoms with Crippen molar-refractivity contribution < 1.29 is 28.7 Å². The van der Waals surface area contributed by atoms with E-state index in [1.165, 1.54) is 5.57 Å². The molecule has 10 heteroatoms. The normalized spacial score (nSPS) is 19.6. The number of ketones is 1. The third-order valence-electron chi connectivity index (χ3n) is 7.71. The number of methoxy groups -OCH3 is 1. The van der Waals surface area contributed by atoms with Crippen LogP contribution in [-0.2, 0) is 30.3 Å². The van der Waals surface area contributed by atoms with E-state index in [0.717, 1.165) is 37.7 Å². The maximum atomic E-state index is 13.6. The number of hydrogen-bond acceptors (Lipinski definition) is 7. The molecule has 3 N–H and O–H groups in total. The van der Waals surface area contributed by atoms with Gasteiger partial charge < -0.3 is 25.4 Å². The molecule has 1 heterocycles. The smallest absolute Gasteiger partial charge is 0.243 e. The second-order valence-corrected chi connectivity index (χ2v) is 11.0. The van der Waals surface area contributed by atoms with Crippen molar-refractivity contribution in [3.05, 3.63) is 41.5 Å². The highest BCUT2D eigenvalue weighted by molar-refractivity contribution is 5.96. The average Bonchev–Trinajstić information content (AvgIpc) is 3.68. The van der Waals surface area contributed by atoms with Crippen molar-refractivity contribution in [1.29, 1.82) is 0 Å². The van der Waals surface area contributed by atoms with E-state index in [4.69, 9.17) is 9.47 Å². The molecule has 1 aromatic rings. The van der Waals surface area contributed by atoms with E-state index in [0.29, 0.717) is 38.5 Å². The minimum Gasteiger partial charge on any atom is -0.497 e. The Morgan fingerprint density at radius 1 is 0.975 bits per heavy atom. The third kappa shape index (κ3) is 8.89. The number of amides is 3. The molecule has 2 aliphatic carbocycles. The quantitative estimate of drug-likeness (QED) is 0.298. The Labute approximate surface area is 236 Å². The molecule has 1 aromatic carbocycles. The Morgan fingerprint density at radius 3 is 2.30 bits per heavy atom. The van der Waals surface area contributed by atoms with E-state index in [9.17, 15) is 19.2 Å². The van der Waals surface area contributed by atoms with Gasteiger partial charge in [-0.15, -0.1) is 0 Å². The molecule has 4 rings (SSSR count). The van der Waals surface area contributed by atoms with E-state index in [1.54, 1.807) is 26.2 Å². The molecule has 0 radical (unpaired) electrons. The second-order valence-electron chi connectivity index (χ2n) is 11.0. The minimum atomic E-state index is -0.924. The number of benzene rings is 1. The number of allylic oxidation sites excluding steroid dienone is 1. The summed E-state index contributed by atoms with van der Waals surface area (Å²) >= 11 is 0. The largest absolute Gasteiger partial charge is 0.497 e. The molecule has 0 spiro atoms. The SMILES string of the molecule is COc1ccc(C[C@H](NC(=O)[C@H](C)NC(=O)CN2CCOCC2)C(=O)N[C@@H](CC2=CCCC2)C(=O)C2CC2)cc1. The third-order valence-corrected chi connectivity index (χ3v) is 7.71. The number of morpholine rings is 1. The average molecular weight is 555 g/mol. The van der Waals surface area contributed by atoms with Crippen molar-refractivity contribution in [2.45, 2.75) is 70.0 Å². The number of hydrogen-bond donors (Lipinski definition) is 3. The highest BCUT2D eigenvalue weighted by atomic mass is 16.5. The lowest BCUT2D eigenvalue weighted by molar-refractivity contribution is -0.133. The molecular weight excluding hydrogens is 512 g/mol. The first-order chi connectivity index (χ1) is 19.3. The predicted molar refractivity (Wildman–Crippen MR) is 150 cm³/mol. The Balaban J connectivity index is 1.42. The van der Waals surface area contributed by atoms with E-state index >= 15 is 0 Å². The number of carbonyl (C=O) groups excluding carboxylic acids is 4. The zero-order valence-electron chi connectivity index (χ0n) is 23.6. The fraction of sp³-hybridized carbons (Fsp3) is 0.600. The second kappa shape index (κ2) is 14.4. The monoisotopic (exact) mass is 554 g/mol. The van der Waals surface area contributed by atoms with Gasteiger partial charge in [0.05, 0.1) is 32.9 Å². The molecule has 3 aliphatic rings. The van der Waals surface area contributed by atoms with Crippen molar-refractivity contribution in [3.8, 4) is 5.75 Å². The molecule has 1 saturated carbocycles. The summed E-state index contributed by atoms with van der Waals surface area (Å²) in [7, 11) is 1.58. The van der Waals surface area contributed by atoms with E-state index in [2.05, 4.69) is 22.0 Å². The first-order valence-corrected chi connectivity index (χ1v) is 14.4. The number of ether oxygens (including phenoxy) is 2. The summed E-state index contributed by atoms with van der Waals surface area (Å²) in [5.74, 6) is -0.379. The lowest BCUT2D eigenvalue weighted by Crippen LogP contribution is -2.56. The van der Waals surface area contributed by atoms with Crippen LogP contribution in [-0.4, -0.2) is 86.5 Å². The highest BCUT2D eigenvalue weighted by Crippen LogP contribution is 2.33. The van der Waals surface area contributed by atoms with Crippen LogP contribution in [0.3, 0.4) is 0 Å². The Hall–Kier alpha value is -3.24. The lowest BCUT2D eigenvalue weighted by Gasteiger charge is -2.27. The standard InChI is InChI=1S/C30H42N4O6/c1-20(31-27(35)19-34-13-15-40-16-14-34)29(37)33-26(18-22-7-11-24(39-2)12-8-22)30(38)32-25(28(36)23-9-10-23)17-21-5-3-4-6-21/h5,7-8,11-12,20,23,25-26H,3-4,6,9-10,13-19H2,1-2H3,(H,31,35)(H,32,38)(H,33,37)/t20-,25-,26-/m0/s1. The molecule has 1 saturated heterocycles. The van der Waals surface area contributed by atoms with Gasteiger partial charge in [0.25, 0.3) is 0 Å². The van der Waals surface area contributed by atoms with E-state index < -0.39 is 29.9 Å². The van der Waals surface area contributed by atoms with Crippen molar-refractivity contribution in [3.63, 3.8) is 0 Å². The van der Waals surface area contributed by atoms with Gasteiger partial charge in [-0.3, -0.25) is 24.1 Å². The van der Waals surface area contributed by atoms with Gasteiger partial charge in [-0.1, -0.05) is 23.8 Å². The van der Waals surface area contributed by atoms with E-state index in [-0.39, 0.29) is 30.6 Å². The summed E-state index contributed by atoms with van der Waals surface area (Å²) < 4.78 is 10.6. The van der Waals surface area contributed by atoms with Crippen LogP contribution in [0.1, 0.15) is 51.0 Å². The first-order valence-electron chi connectivity index (χ1n) is 14.4. The summed E-state index contributed by atoms with van der Waals surface area (Å²) in [5.41, 5.74) is 2.03. The van der Waals surface area contributed by atoms with Gasteiger partial charge >= 0.3 is 0 Å². The van der Waals surface area contributed by atoms with Gasteiger partial charge in [-0.2, -0.15) is 0 Å². The van der Waals surface area contributed by atoms with Gasteiger partial charge in [0.2, 0.25) is 17.7 Å². The Kier molecular flexibility index (Phi) is 10.7. The molecule has 218 valence electrons. The van der Waals surface area contributed by atoms with Crippen LogP contribution in [0.15, 0.2) is 35.9 Å². The molecule has 10 nitrogen and oxygen atoms in total. The minimum absolute atomic E-state index is 0.00336. The number of Topliss-reactive ketones (excluding diaryl/α,β-unsaturated/α-hetero) is 1. The van der Waals surface area contributed by atoms with Gasteiger partial charge in [0.1, 0.15) is 17.8 Å². The first kappa shape index (κ1) is 29.7.